The van der Waals surface area contributed by atoms with E-state index in [1.165, 1.54) is 13.3 Å². The molecule has 12 nitrogen and oxygen atoms in total. The first kappa shape index (κ1) is 24.3. The molecule has 2 heterocycles. The third kappa shape index (κ3) is 6.35. The van der Waals surface area contributed by atoms with Crippen molar-refractivity contribution in [1.82, 2.24) is 24.6 Å². The van der Waals surface area contributed by atoms with E-state index >= 15 is 0 Å². The quantitative estimate of drug-likeness (QED) is 0.213. The van der Waals surface area contributed by atoms with Gasteiger partial charge in [-0.2, -0.15) is 0 Å². The molecule has 3 atom stereocenters. The fourth-order valence-electron chi connectivity index (χ4n) is 2.88. The van der Waals surface area contributed by atoms with Crippen LogP contribution in [0.5, 0.6) is 0 Å². The molecule has 2 aromatic heterocycles. The Balaban J connectivity index is 1.70. The molecule has 0 bridgehead atoms. The van der Waals surface area contributed by atoms with Crippen molar-refractivity contribution in [2.24, 2.45) is 5.16 Å². The molecule has 1 aromatic carbocycles. The van der Waals surface area contributed by atoms with Crippen molar-refractivity contribution in [1.29, 1.82) is 0 Å². The second-order valence-electron chi connectivity index (χ2n) is 7.42. The van der Waals surface area contributed by atoms with Gasteiger partial charge < -0.3 is 24.8 Å². The molecule has 4 N–H and O–H groups in total. The van der Waals surface area contributed by atoms with Crippen molar-refractivity contribution >= 4 is 36.2 Å². The lowest BCUT2D eigenvalue weighted by molar-refractivity contribution is -0.138. The van der Waals surface area contributed by atoms with E-state index in [9.17, 15) is 14.5 Å². The van der Waals surface area contributed by atoms with Crippen molar-refractivity contribution in [3.05, 3.63) is 48.5 Å². The largest absolute Gasteiger partial charge is 0.480 e. The molecule has 0 aliphatic carbocycles. The van der Waals surface area contributed by atoms with Gasteiger partial charge in [0, 0.05) is 0 Å². The number of hydrogen-bond acceptors (Lipinski definition) is 9. The second kappa shape index (κ2) is 10.5. The molecule has 0 spiro atoms. The standard InChI is InChI=1S/C20H26N7O5P/c1-13(9-27-11-24-17-18(21)22-10-23-19(17)27)31-12-33(30,26-15(3)20(28)29)32-25-14(2)16-7-5-4-6-8-16/h4-8,10-11,13,15H,9,12H2,1-3H3,(H,26,30)(H,28,29)(H2,21,22,23)/b25-14+/t13-,15+,33?/m1/s1. The van der Waals surface area contributed by atoms with Crippen LogP contribution in [-0.2, 0) is 25.3 Å². The van der Waals surface area contributed by atoms with Crippen molar-refractivity contribution in [2.75, 3.05) is 12.1 Å². The summed E-state index contributed by atoms with van der Waals surface area (Å²) >= 11 is 0. The number of fused-ring (bicyclic) bond motifs is 1. The summed E-state index contributed by atoms with van der Waals surface area (Å²) in [5.41, 5.74) is 8.08. The fraction of sp³-hybridized carbons (Fsp3) is 0.350. The van der Waals surface area contributed by atoms with E-state index in [4.69, 9.17) is 15.1 Å². The number of nitrogens with one attached hydrogen (secondary N) is 1. The number of carboxylic acids is 1. The summed E-state index contributed by atoms with van der Waals surface area (Å²) in [7, 11) is -3.81. The summed E-state index contributed by atoms with van der Waals surface area (Å²) in [4.78, 5) is 23.6. The number of nitrogens with zero attached hydrogens (tertiary/aromatic N) is 5. The molecule has 0 aliphatic heterocycles. The Morgan fingerprint density at radius 1 is 1.27 bits per heavy atom. The third-order valence-corrected chi connectivity index (χ3v) is 6.29. The van der Waals surface area contributed by atoms with Crippen LogP contribution in [-0.4, -0.2) is 54.8 Å². The minimum Gasteiger partial charge on any atom is -0.480 e. The highest BCUT2D eigenvalue weighted by Gasteiger charge is 2.31. The monoisotopic (exact) mass is 475 g/mol. The van der Waals surface area contributed by atoms with Gasteiger partial charge in [-0.1, -0.05) is 35.5 Å². The predicted molar refractivity (Wildman–Crippen MR) is 123 cm³/mol. The number of hydrogen-bond donors (Lipinski definition) is 3. The molecular formula is C20H26N7O5P. The summed E-state index contributed by atoms with van der Waals surface area (Å²) < 4.78 is 26.1. The lowest BCUT2D eigenvalue weighted by Crippen LogP contribution is -2.33. The smallest absolute Gasteiger partial charge is 0.364 e. The molecule has 0 radical (unpaired) electrons. The van der Waals surface area contributed by atoms with Gasteiger partial charge in [0.25, 0.3) is 0 Å². The first-order valence-corrected chi connectivity index (χ1v) is 11.9. The Labute approximate surface area is 190 Å². The molecule has 0 fully saturated rings. The zero-order chi connectivity index (χ0) is 24.0. The minimum atomic E-state index is -3.81. The van der Waals surface area contributed by atoms with Gasteiger partial charge in [-0.3, -0.25) is 9.36 Å². The number of carboxylic acid groups (broad SMARTS) is 1. The van der Waals surface area contributed by atoms with Gasteiger partial charge in [-0.15, -0.1) is 0 Å². The van der Waals surface area contributed by atoms with Crippen LogP contribution in [0.25, 0.3) is 11.2 Å². The maximum atomic E-state index is 13.3. The number of ether oxygens (including phenoxy) is 1. The molecule has 0 saturated carbocycles. The van der Waals surface area contributed by atoms with Crippen LogP contribution in [0.1, 0.15) is 26.3 Å². The lowest BCUT2D eigenvalue weighted by Gasteiger charge is -2.22. The summed E-state index contributed by atoms with van der Waals surface area (Å²) in [6.45, 7) is 5.15. The Hall–Kier alpha value is -3.34. The van der Waals surface area contributed by atoms with E-state index in [0.29, 0.717) is 23.4 Å². The Bertz CT molecular complexity index is 1180. The molecule has 0 saturated heterocycles. The SMILES string of the molecule is C/C(=N\OP(=O)(CO[C@H](C)Cn1cnc2c(N)ncnc21)N[C@@H](C)C(=O)O)c1ccccc1. The van der Waals surface area contributed by atoms with Crippen LogP contribution in [0.3, 0.4) is 0 Å². The third-order valence-electron chi connectivity index (χ3n) is 4.67. The first-order valence-electron chi connectivity index (χ1n) is 10.1. The summed E-state index contributed by atoms with van der Waals surface area (Å²) in [6, 6.07) is 8.04. The topological polar surface area (TPSA) is 167 Å². The number of nitrogen functional groups attached to an aromatic ring is 1. The van der Waals surface area contributed by atoms with E-state index in [1.54, 1.807) is 24.7 Å². The number of aromatic nitrogens is 4. The summed E-state index contributed by atoms with van der Waals surface area (Å²) in [5, 5.41) is 15.7. The maximum Gasteiger partial charge on any atom is 0.364 e. The van der Waals surface area contributed by atoms with Crippen LogP contribution < -0.4 is 10.8 Å². The molecule has 176 valence electrons. The number of carbonyl (C=O) groups is 1. The highest BCUT2D eigenvalue weighted by Crippen LogP contribution is 2.44. The summed E-state index contributed by atoms with van der Waals surface area (Å²) in [6.07, 6.45) is 2.05. The van der Waals surface area contributed by atoms with Gasteiger partial charge >= 0.3 is 13.5 Å². The normalized spacial score (nSPS) is 15.7. The molecule has 0 aliphatic rings. The molecule has 1 unspecified atom stereocenters. The zero-order valence-electron chi connectivity index (χ0n) is 18.5. The molecule has 33 heavy (non-hydrogen) atoms. The number of imidazole rings is 1. The molecule has 0 amide bonds. The molecule has 13 heteroatoms. The number of rotatable bonds is 11. The predicted octanol–water partition coefficient (Wildman–Crippen LogP) is 2.47. The van der Waals surface area contributed by atoms with Gasteiger partial charge in [0.1, 0.15) is 24.2 Å². The van der Waals surface area contributed by atoms with Gasteiger partial charge in [0.05, 0.1) is 24.7 Å². The van der Waals surface area contributed by atoms with Crippen LogP contribution in [0.4, 0.5) is 5.82 Å². The molecular weight excluding hydrogens is 449 g/mol. The maximum absolute atomic E-state index is 13.3. The number of anilines is 1. The van der Waals surface area contributed by atoms with E-state index < -0.39 is 32.0 Å². The van der Waals surface area contributed by atoms with E-state index in [-0.39, 0.29) is 5.82 Å². The highest BCUT2D eigenvalue weighted by atomic mass is 31.2. The second-order valence-corrected chi connectivity index (χ2v) is 9.45. The van der Waals surface area contributed by atoms with E-state index in [0.717, 1.165) is 5.56 Å². The minimum absolute atomic E-state index is 0.267. The van der Waals surface area contributed by atoms with Crippen LogP contribution >= 0.6 is 7.52 Å². The first-order chi connectivity index (χ1) is 15.7. The highest BCUT2D eigenvalue weighted by molar-refractivity contribution is 7.56. The van der Waals surface area contributed by atoms with Crippen molar-refractivity contribution in [2.45, 2.75) is 39.5 Å². The van der Waals surface area contributed by atoms with Crippen LogP contribution in [0, 0.1) is 0 Å². The summed E-state index contributed by atoms with van der Waals surface area (Å²) in [5.74, 6) is -0.915. The average molecular weight is 475 g/mol. The van der Waals surface area contributed by atoms with Crippen LogP contribution in [0.2, 0.25) is 0 Å². The van der Waals surface area contributed by atoms with Gasteiger partial charge in [0.2, 0.25) is 0 Å². The number of aliphatic carboxylic acids is 1. The van der Waals surface area contributed by atoms with Crippen LogP contribution in [0.15, 0.2) is 48.1 Å². The van der Waals surface area contributed by atoms with Gasteiger partial charge in [-0.25, -0.2) is 20.0 Å². The zero-order valence-corrected chi connectivity index (χ0v) is 19.3. The Morgan fingerprint density at radius 2 is 2.00 bits per heavy atom. The van der Waals surface area contributed by atoms with Crippen molar-refractivity contribution in [3.8, 4) is 0 Å². The average Bonchev–Trinajstić information content (AvgIpc) is 3.21. The van der Waals surface area contributed by atoms with E-state index in [2.05, 4.69) is 25.2 Å². The Morgan fingerprint density at radius 3 is 2.70 bits per heavy atom. The number of nitrogens with two attached hydrogens (primary N) is 1. The number of oxime groups is 1. The van der Waals surface area contributed by atoms with Crippen molar-refractivity contribution < 1.29 is 23.8 Å². The number of benzene rings is 1. The van der Waals surface area contributed by atoms with E-state index in [1.807, 2.05) is 30.3 Å². The molecule has 3 aromatic rings. The van der Waals surface area contributed by atoms with Gasteiger partial charge in [-0.05, 0) is 26.3 Å². The molecule has 3 rings (SSSR count). The fourth-order valence-corrected chi connectivity index (χ4v) is 4.46. The van der Waals surface area contributed by atoms with Gasteiger partial charge in [0.15, 0.2) is 11.5 Å². The lowest BCUT2D eigenvalue weighted by atomic mass is 10.1. The Kier molecular flexibility index (Phi) is 7.75. The van der Waals surface area contributed by atoms with Crippen molar-refractivity contribution in [3.63, 3.8) is 0 Å².